The molecular formula is C12H15ClFN3O2. The molecule has 1 aliphatic rings. The highest BCUT2D eigenvalue weighted by Crippen LogP contribution is 2.21. The van der Waals surface area contributed by atoms with Crippen molar-refractivity contribution in [3.63, 3.8) is 0 Å². The standard InChI is InChI=1S/C12H15ClFN3O2/c1-16-2-4-17(5-3-16)7-9-11(14)10(12(18)19)8(13)6-15-9/h6H,2-5,7H2,1H3,(H,18,19). The number of likely N-dealkylation sites (N-methyl/N-ethyl adjacent to an activating group) is 1. The Morgan fingerprint density at radius 1 is 1.47 bits per heavy atom. The lowest BCUT2D eigenvalue weighted by Gasteiger charge is -2.32. The average Bonchev–Trinajstić information content (AvgIpc) is 2.35. The van der Waals surface area contributed by atoms with Gasteiger partial charge in [-0.05, 0) is 7.05 Å². The normalized spacial score (nSPS) is 17.6. The minimum Gasteiger partial charge on any atom is -0.478 e. The molecule has 1 aromatic heterocycles. The van der Waals surface area contributed by atoms with Crippen LogP contribution in [0, 0.1) is 5.82 Å². The summed E-state index contributed by atoms with van der Waals surface area (Å²) in [7, 11) is 2.03. The van der Waals surface area contributed by atoms with Gasteiger partial charge in [-0.2, -0.15) is 0 Å². The number of hydrogen-bond donors (Lipinski definition) is 1. The van der Waals surface area contributed by atoms with Crippen LogP contribution in [0.4, 0.5) is 4.39 Å². The molecule has 1 aliphatic heterocycles. The monoisotopic (exact) mass is 287 g/mol. The summed E-state index contributed by atoms with van der Waals surface area (Å²) in [5.74, 6) is -2.21. The van der Waals surface area contributed by atoms with E-state index in [-0.39, 0.29) is 10.7 Å². The van der Waals surface area contributed by atoms with Gasteiger partial charge in [-0.1, -0.05) is 11.6 Å². The molecule has 1 N–H and O–H groups in total. The van der Waals surface area contributed by atoms with Gasteiger partial charge in [0, 0.05) is 38.9 Å². The van der Waals surface area contributed by atoms with Gasteiger partial charge >= 0.3 is 5.97 Å². The van der Waals surface area contributed by atoms with Gasteiger partial charge in [0.1, 0.15) is 5.56 Å². The third kappa shape index (κ3) is 3.20. The maximum absolute atomic E-state index is 14.1. The number of piperazine rings is 1. The summed E-state index contributed by atoms with van der Waals surface area (Å²) in [5.41, 5.74) is -0.368. The predicted molar refractivity (Wildman–Crippen MR) is 68.9 cm³/mol. The molecule has 0 bridgehead atoms. The van der Waals surface area contributed by atoms with Crippen molar-refractivity contribution in [1.82, 2.24) is 14.8 Å². The van der Waals surface area contributed by atoms with Crippen molar-refractivity contribution in [2.45, 2.75) is 6.54 Å². The molecule has 2 heterocycles. The van der Waals surface area contributed by atoms with Crippen molar-refractivity contribution in [1.29, 1.82) is 0 Å². The Balaban J connectivity index is 2.17. The van der Waals surface area contributed by atoms with Crippen LogP contribution >= 0.6 is 11.6 Å². The van der Waals surface area contributed by atoms with Crippen molar-refractivity contribution < 1.29 is 14.3 Å². The first kappa shape index (κ1) is 14.2. The molecule has 0 radical (unpaired) electrons. The van der Waals surface area contributed by atoms with Crippen molar-refractivity contribution in [3.8, 4) is 0 Å². The minimum atomic E-state index is -1.37. The molecule has 0 aliphatic carbocycles. The number of pyridine rings is 1. The van der Waals surface area contributed by atoms with Crippen LogP contribution in [0.15, 0.2) is 6.20 Å². The SMILES string of the molecule is CN1CCN(Cc2ncc(Cl)c(C(=O)O)c2F)CC1. The maximum atomic E-state index is 14.1. The first-order valence-corrected chi connectivity index (χ1v) is 6.34. The van der Waals surface area contributed by atoms with E-state index in [2.05, 4.69) is 9.88 Å². The minimum absolute atomic E-state index is 0.131. The van der Waals surface area contributed by atoms with Gasteiger partial charge in [0.05, 0.1) is 10.7 Å². The smallest absolute Gasteiger partial charge is 0.340 e. The maximum Gasteiger partial charge on any atom is 0.340 e. The van der Waals surface area contributed by atoms with E-state index in [9.17, 15) is 9.18 Å². The van der Waals surface area contributed by atoms with E-state index < -0.39 is 17.3 Å². The zero-order chi connectivity index (χ0) is 14.0. The number of carboxylic acid groups (broad SMARTS) is 1. The highest BCUT2D eigenvalue weighted by Gasteiger charge is 2.22. The van der Waals surface area contributed by atoms with E-state index >= 15 is 0 Å². The molecule has 1 aromatic rings. The Hall–Kier alpha value is -1.24. The number of rotatable bonds is 3. The number of aromatic carboxylic acids is 1. The van der Waals surface area contributed by atoms with Gasteiger partial charge in [0.25, 0.3) is 0 Å². The Morgan fingerprint density at radius 2 is 2.11 bits per heavy atom. The number of aromatic nitrogens is 1. The summed E-state index contributed by atoms with van der Waals surface area (Å²) in [6.45, 7) is 3.73. The highest BCUT2D eigenvalue weighted by molar-refractivity contribution is 6.33. The topological polar surface area (TPSA) is 56.7 Å². The molecule has 0 saturated carbocycles. The Labute approximate surface area is 115 Å². The van der Waals surface area contributed by atoms with Gasteiger partial charge in [-0.3, -0.25) is 9.88 Å². The molecule has 0 unspecified atom stereocenters. The van der Waals surface area contributed by atoms with Crippen molar-refractivity contribution in [3.05, 3.63) is 28.3 Å². The molecule has 2 rings (SSSR count). The Morgan fingerprint density at radius 3 is 2.68 bits per heavy atom. The fourth-order valence-corrected chi connectivity index (χ4v) is 2.24. The van der Waals surface area contributed by atoms with E-state index in [0.717, 1.165) is 26.2 Å². The second kappa shape index (κ2) is 5.81. The lowest BCUT2D eigenvalue weighted by Crippen LogP contribution is -2.44. The summed E-state index contributed by atoms with van der Waals surface area (Å²) in [4.78, 5) is 19.1. The second-order valence-electron chi connectivity index (χ2n) is 4.63. The summed E-state index contributed by atoms with van der Waals surface area (Å²) in [6.07, 6.45) is 1.19. The zero-order valence-corrected chi connectivity index (χ0v) is 11.3. The van der Waals surface area contributed by atoms with Gasteiger partial charge in [0.2, 0.25) is 0 Å². The fraction of sp³-hybridized carbons (Fsp3) is 0.500. The largest absolute Gasteiger partial charge is 0.478 e. The number of carboxylic acids is 1. The first-order chi connectivity index (χ1) is 8.99. The molecule has 1 saturated heterocycles. The van der Waals surface area contributed by atoms with Crippen LogP contribution in [-0.4, -0.2) is 59.1 Å². The van der Waals surface area contributed by atoms with Crippen LogP contribution in [-0.2, 0) is 6.54 Å². The Bertz CT molecular complexity index is 490. The second-order valence-corrected chi connectivity index (χ2v) is 5.03. The van der Waals surface area contributed by atoms with Gasteiger partial charge < -0.3 is 10.0 Å². The summed E-state index contributed by atoms with van der Waals surface area (Å²) >= 11 is 5.65. The lowest BCUT2D eigenvalue weighted by molar-refractivity contribution is 0.0691. The lowest BCUT2D eigenvalue weighted by atomic mass is 10.2. The van der Waals surface area contributed by atoms with E-state index in [0.29, 0.717) is 6.54 Å². The third-order valence-corrected chi connectivity index (χ3v) is 3.52. The molecule has 0 aromatic carbocycles. The first-order valence-electron chi connectivity index (χ1n) is 5.96. The van der Waals surface area contributed by atoms with Crippen LogP contribution in [0.2, 0.25) is 5.02 Å². The van der Waals surface area contributed by atoms with E-state index in [1.807, 2.05) is 11.9 Å². The number of carbonyl (C=O) groups is 1. The zero-order valence-electron chi connectivity index (χ0n) is 10.6. The molecule has 104 valence electrons. The fourth-order valence-electron chi connectivity index (χ4n) is 2.03. The predicted octanol–water partition coefficient (Wildman–Crippen LogP) is 1.32. The molecular weight excluding hydrogens is 273 g/mol. The van der Waals surface area contributed by atoms with Crippen molar-refractivity contribution >= 4 is 17.6 Å². The molecule has 5 nitrogen and oxygen atoms in total. The van der Waals surface area contributed by atoms with Crippen LogP contribution in [0.3, 0.4) is 0 Å². The van der Waals surface area contributed by atoms with Crippen LogP contribution in [0.25, 0.3) is 0 Å². The number of nitrogens with zero attached hydrogens (tertiary/aromatic N) is 3. The summed E-state index contributed by atoms with van der Waals surface area (Å²) in [5, 5.41) is 8.77. The van der Waals surface area contributed by atoms with E-state index in [4.69, 9.17) is 16.7 Å². The highest BCUT2D eigenvalue weighted by atomic mass is 35.5. The van der Waals surface area contributed by atoms with E-state index in [1.54, 1.807) is 0 Å². The van der Waals surface area contributed by atoms with Gasteiger partial charge in [0.15, 0.2) is 5.82 Å². The summed E-state index contributed by atoms with van der Waals surface area (Å²) < 4.78 is 14.1. The average molecular weight is 288 g/mol. The van der Waals surface area contributed by atoms with Crippen LogP contribution < -0.4 is 0 Å². The van der Waals surface area contributed by atoms with E-state index in [1.165, 1.54) is 6.20 Å². The molecule has 0 spiro atoms. The van der Waals surface area contributed by atoms with Crippen molar-refractivity contribution in [2.24, 2.45) is 0 Å². The van der Waals surface area contributed by atoms with Crippen molar-refractivity contribution in [2.75, 3.05) is 33.2 Å². The Kier molecular flexibility index (Phi) is 4.34. The summed E-state index contributed by atoms with van der Waals surface area (Å²) in [6, 6.07) is 0. The number of hydrogen-bond acceptors (Lipinski definition) is 4. The van der Waals surface area contributed by atoms with Gasteiger partial charge in [-0.25, -0.2) is 9.18 Å². The quantitative estimate of drug-likeness (QED) is 0.909. The van der Waals surface area contributed by atoms with Gasteiger partial charge in [-0.15, -0.1) is 0 Å². The molecule has 0 atom stereocenters. The molecule has 1 fully saturated rings. The van der Waals surface area contributed by atoms with Crippen LogP contribution in [0.1, 0.15) is 16.1 Å². The number of halogens is 2. The third-order valence-electron chi connectivity index (χ3n) is 3.23. The molecule has 19 heavy (non-hydrogen) atoms. The van der Waals surface area contributed by atoms with Crippen LogP contribution in [0.5, 0.6) is 0 Å². The molecule has 7 heteroatoms. The molecule has 0 amide bonds.